The predicted molar refractivity (Wildman–Crippen MR) is 121 cm³/mol. The number of hydrogen-bond acceptors (Lipinski definition) is 9. The van der Waals surface area contributed by atoms with E-state index in [-0.39, 0.29) is 23.4 Å². The van der Waals surface area contributed by atoms with Crippen molar-refractivity contribution in [2.75, 3.05) is 46.4 Å². The van der Waals surface area contributed by atoms with Gasteiger partial charge in [0.2, 0.25) is 0 Å². The molecule has 2 aliphatic heterocycles. The van der Waals surface area contributed by atoms with Gasteiger partial charge in [0, 0.05) is 56.3 Å². The molecular weight excluding hydrogens is 428 g/mol. The summed E-state index contributed by atoms with van der Waals surface area (Å²) in [6.07, 6.45) is 0.686. The van der Waals surface area contributed by atoms with Crippen molar-refractivity contribution in [1.82, 2.24) is 15.5 Å². The number of rotatable bonds is 8. The lowest BCUT2D eigenvalue weighted by atomic mass is 9.80. The third-order valence-corrected chi connectivity index (χ3v) is 5.86. The Hall–Kier alpha value is -3.24. The van der Waals surface area contributed by atoms with Gasteiger partial charge in [0.05, 0.1) is 35.7 Å². The number of carbonyl (C=O) groups excluding carboxylic acids is 2. The van der Waals surface area contributed by atoms with E-state index in [2.05, 4.69) is 15.5 Å². The molecule has 2 heterocycles. The Balaban J connectivity index is 1.84. The molecule has 1 aromatic rings. The number of benzene rings is 1. The number of allylic oxidation sites excluding steroid dienone is 2. The molecule has 0 amide bonds. The van der Waals surface area contributed by atoms with Gasteiger partial charge in [-0.15, -0.1) is 0 Å². The summed E-state index contributed by atoms with van der Waals surface area (Å²) in [6, 6.07) is 5.93. The Labute approximate surface area is 192 Å². The topological polar surface area (TPSA) is 123 Å². The number of nitrogens with zero attached hydrogens (tertiary/aromatic N) is 2. The summed E-state index contributed by atoms with van der Waals surface area (Å²) in [5.74, 6) is -2.03. The first-order valence-corrected chi connectivity index (χ1v) is 10.9. The molecule has 1 aromatic carbocycles. The molecule has 1 saturated heterocycles. The van der Waals surface area contributed by atoms with Crippen molar-refractivity contribution in [2.24, 2.45) is 0 Å². The molecule has 3 rings (SSSR count). The molecule has 1 fully saturated rings. The molecule has 0 aliphatic carbocycles. The van der Waals surface area contributed by atoms with Crippen molar-refractivity contribution in [3.8, 4) is 0 Å². The summed E-state index contributed by atoms with van der Waals surface area (Å²) in [7, 11) is 1.26. The summed E-state index contributed by atoms with van der Waals surface area (Å²) in [5.41, 5.74) is 1.82. The quantitative estimate of drug-likeness (QED) is 0.260. The number of carbonyl (C=O) groups is 2. The zero-order chi connectivity index (χ0) is 24.0. The van der Waals surface area contributed by atoms with Crippen LogP contribution in [0.3, 0.4) is 0 Å². The fourth-order valence-corrected chi connectivity index (χ4v) is 4.26. The minimum atomic E-state index is -0.848. The SMILES string of the molecule is COC(=O)C1=C(C)NC(C)=C(C(=O)OCCCN2CCNCC2)C1c1cccc([N+](=O)[O-])c1. The van der Waals surface area contributed by atoms with E-state index in [1.807, 2.05) is 0 Å². The lowest BCUT2D eigenvalue weighted by molar-refractivity contribution is -0.384. The van der Waals surface area contributed by atoms with E-state index >= 15 is 0 Å². The number of nitrogens with one attached hydrogen (secondary N) is 2. The van der Waals surface area contributed by atoms with E-state index in [0.717, 1.165) is 32.7 Å². The highest BCUT2D eigenvalue weighted by molar-refractivity contribution is 5.99. The normalized spacial score (nSPS) is 19.2. The van der Waals surface area contributed by atoms with Crippen LogP contribution in [0.5, 0.6) is 0 Å². The monoisotopic (exact) mass is 458 g/mol. The molecule has 1 atom stereocenters. The number of methoxy groups -OCH3 is 1. The second-order valence-corrected chi connectivity index (χ2v) is 8.06. The molecule has 178 valence electrons. The molecule has 2 aliphatic rings. The Morgan fingerprint density at radius 2 is 1.82 bits per heavy atom. The molecule has 10 nitrogen and oxygen atoms in total. The van der Waals surface area contributed by atoms with E-state index in [0.29, 0.717) is 23.4 Å². The number of dihydropyridines is 1. The number of hydrogen-bond donors (Lipinski definition) is 2. The summed E-state index contributed by atoms with van der Waals surface area (Å²) in [6.45, 7) is 8.31. The highest BCUT2D eigenvalue weighted by Crippen LogP contribution is 2.40. The van der Waals surface area contributed by atoms with Crippen molar-refractivity contribution < 1.29 is 24.0 Å². The van der Waals surface area contributed by atoms with Gasteiger partial charge in [-0.3, -0.25) is 10.1 Å². The summed E-state index contributed by atoms with van der Waals surface area (Å²) < 4.78 is 10.5. The molecule has 33 heavy (non-hydrogen) atoms. The van der Waals surface area contributed by atoms with Crippen LogP contribution >= 0.6 is 0 Å². The Morgan fingerprint density at radius 1 is 1.15 bits per heavy atom. The molecule has 0 aromatic heterocycles. The summed E-state index contributed by atoms with van der Waals surface area (Å²) >= 11 is 0. The number of non-ortho nitro benzene ring substituents is 1. The van der Waals surface area contributed by atoms with Crippen LogP contribution in [0.4, 0.5) is 5.69 Å². The third kappa shape index (κ3) is 5.77. The zero-order valence-electron chi connectivity index (χ0n) is 19.2. The highest BCUT2D eigenvalue weighted by Gasteiger charge is 2.38. The number of esters is 2. The van der Waals surface area contributed by atoms with Gasteiger partial charge in [-0.1, -0.05) is 12.1 Å². The first kappa shape index (κ1) is 24.4. The predicted octanol–water partition coefficient (Wildman–Crippen LogP) is 1.84. The van der Waals surface area contributed by atoms with E-state index in [9.17, 15) is 19.7 Å². The number of ether oxygens (including phenoxy) is 2. The number of piperazine rings is 1. The summed E-state index contributed by atoms with van der Waals surface area (Å²) in [5, 5.41) is 17.7. The van der Waals surface area contributed by atoms with E-state index < -0.39 is 22.8 Å². The van der Waals surface area contributed by atoms with Gasteiger partial charge in [-0.25, -0.2) is 9.59 Å². The van der Waals surface area contributed by atoms with Crippen LogP contribution in [0, 0.1) is 10.1 Å². The van der Waals surface area contributed by atoms with Gasteiger partial charge in [0.1, 0.15) is 0 Å². The second kappa shape index (κ2) is 11.1. The number of nitro benzene ring substituents is 1. The average Bonchev–Trinajstić information content (AvgIpc) is 2.81. The minimum absolute atomic E-state index is 0.130. The van der Waals surface area contributed by atoms with E-state index in [4.69, 9.17) is 9.47 Å². The van der Waals surface area contributed by atoms with Crippen LogP contribution in [0.1, 0.15) is 31.7 Å². The largest absolute Gasteiger partial charge is 0.466 e. The maximum Gasteiger partial charge on any atom is 0.336 e. The lowest BCUT2D eigenvalue weighted by Gasteiger charge is -2.30. The van der Waals surface area contributed by atoms with Crippen LogP contribution in [0.15, 0.2) is 46.8 Å². The highest BCUT2D eigenvalue weighted by atomic mass is 16.6. The van der Waals surface area contributed by atoms with Gasteiger partial charge in [-0.2, -0.15) is 0 Å². The maximum atomic E-state index is 13.2. The second-order valence-electron chi connectivity index (χ2n) is 8.06. The molecule has 0 saturated carbocycles. The fraction of sp³-hybridized carbons (Fsp3) is 0.478. The molecule has 0 bridgehead atoms. The molecule has 2 N–H and O–H groups in total. The minimum Gasteiger partial charge on any atom is -0.466 e. The van der Waals surface area contributed by atoms with Gasteiger partial charge in [0.15, 0.2) is 0 Å². The molecule has 1 unspecified atom stereocenters. The Bertz CT molecular complexity index is 981. The molecule has 10 heteroatoms. The van der Waals surface area contributed by atoms with Crippen molar-refractivity contribution in [2.45, 2.75) is 26.2 Å². The average molecular weight is 459 g/mol. The number of nitro groups is 1. The van der Waals surface area contributed by atoms with Crippen molar-refractivity contribution in [1.29, 1.82) is 0 Å². The van der Waals surface area contributed by atoms with Crippen LogP contribution in [0.25, 0.3) is 0 Å². The zero-order valence-corrected chi connectivity index (χ0v) is 19.2. The van der Waals surface area contributed by atoms with Crippen molar-refractivity contribution >= 4 is 17.6 Å². The first-order valence-electron chi connectivity index (χ1n) is 10.9. The van der Waals surface area contributed by atoms with Gasteiger partial charge in [-0.05, 0) is 25.8 Å². The van der Waals surface area contributed by atoms with E-state index in [1.54, 1.807) is 19.9 Å². The van der Waals surface area contributed by atoms with Crippen LogP contribution in [-0.4, -0.2) is 68.2 Å². The van der Waals surface area contributed by atoms with Crippen LogP contribution < -0.4 is 10.6 Å². The van der Waals surface area contributed by atoms with Gasteiger partial charge >= 0.3 is 11.9 Å². The van der Waals surface area contributed by atoms with E-state index in [1.165, 1.54) is 25.3 Å². The molecular formula is C23H30N4O6. The lowest BCUT2D eigenvalue weighted by Crippen LogP contribution is -2.44. The van der Waals surface area contributed by atoms with Gasteiger partial charge < -0.3 is 25.0 Å². The van der Waals surface area contributed by atoms with Crippen LogP contribution in [0.2, 0.25) is 0 Å². The van der Waals surface area contributed by atoms with Crippen molar-refractivity contribution in [3.05, 3.63) is 62.5 Å². The first-order chi connectivity index (χ1) is 15.8. The smallest absolute Gasteiger partial charge is 0.336 e. The fourth-order valence-electron chi connectivity index (χ4n) is 4.26. The summed E-state index contributed by atoms with van der Waals surface area (Å²) in [4.78, 5) is 39.0. The van der Waals surface area contributed by atoms with Crippen LogP contribution in [-0.2, 0) is 19.1 Å². The molecule has 0 spiro atoms. The maximum absolute atomic E-state index is 13.2. The van der Waals surface area contributed by atoms with Gasteiger partial charge in [0.25, 0.3) is 5.69 Å². The Kier molecular flexibility index (Phi) is 8.18. The standard InChI is InChI=1S/C23H30N4O6/c1-15-19(22(28)32-3)21(17-6-4-7-18(14-17)27(30)31)20(16(2)25-15)23(29)33-13-5-10-26-11-8-24-9-12-26/h4,6-7,14,21,24-25H,5,8-13H2,1-3H3. The Morgan fingerprint density at radius 3 is 2.45 bits per heavy atom. The molecule has 0 radical (unpaired) electrons. The van der Waals surface area contributed by atoms with Crippen molar-refractivity contribution in [3.63, 3.8) is 0 Å². The third-order valence-electron chi connectivity index (χ3n) is 5.86.